The highest BCUT2D eigenvalue weighted by Gasteiger charge is 2.24. The Morgan fingerprint density at radius 3 is 2.42 bits per heavy atom. The van der Waals surface area contributed by atoms with Gasteiger partial charge in [-0.25, -0.2) is 0 Å². The molecule has 1 aliphatic rings. The van der Waals surface area contributed by atoms with Gasteiger partial charge in [0.1, 0.15) is 5.75 Å². The molecule has 0 aromatic heterocycles. The molecule has 1 aliphatic heterocycles. The number of carbonyl (C=O) groups is 1. The van der Waals surface area contributed by atoms with Crippen LogP contribution < -0.4 is 4.74 Å². The van der Waals surface area contributed by atoms with Crippen LogP contribution in [0.25, 0.3) is 10.8 Å². The van der Waals surface area contributed by atoms with Crippen molar-refractivity contribution in [2.45, 2.75) is 13.0 Å². The van der Waals surface area contributed by atoms with Crippen LogP contribution in [-0.2, 0) is 0 Å². The van der Waals surface area contributed by atoms with Crippen molar-refractivity contribution >= 4 is 16.7 Å². The van der Waals surface area contributed by atoms with Crippen LogP contribution in [0.15, 0.2) is 36.4 Å². The third kappa shape index (κ3) is 3.37. The van der Waals surface area contributed by atoms with Gasteiger partial charge in [0.2, 0.25) is 0 Å². The number of hydrogen-bond donors (Lipinski definition) is 1. The maximum Gasteiger partial charge on any atom is 0.254 e. The van der Waals surface area contributed by atoms with E-state index >= 15 is 0 Å². The molecule has 0 radical (unpaired) electrons. The van der Waals surface area contributed by atoms with Crippen molar-refractivity contribution in [3.8, 4) is 5.75 Å². The first-order chi connectivity index (χ1) is 11.6. The van der Waals surface area contributed by atoms with Gasteiger partial charge in [0.15, 0.2) is 0 Å². The average molecular weight is 328 g/mol. The van der Waals surface area contributed by atoms with Gasteiger partial charge in [-0.3, -0.25) is 9.69 Å². The van der Waals surface area contributed by atoms with Crippen LogP contribution in [0, 0.1) is 0 Å². The lowest BCUT2D eigenvalue weighted by atomic mass is 10.0. The van der Waals surface area contributed by atoms with Crippen molar-refractivity contribution in [1.82, 2.24) is 9.80 Å². The highest BCUT2D eigenvalue weighted by molar-refractivity contribution is 6.08. The molecule has 1 atom stereocenters. The third-order valence-electron chi connectivity index (χ3n) is 4.52. The van der Waals surface area contributed by atoms with Crippen molar-refractivity contribution in [2.75, 3.05) is 39.8 Å². The molecule has 1 heterocycles. The monoisotopic (exact) mass is 328 g/mol. The Kier molecular flexibility index (Phi) is 5.02. The number of piperazine rings is 1. The summed E-state index contributed by atoms with van der Waals surface area (Å²) in [6.45, 7) is 5.42. The summed E-state index contributed by atoms with van der Waals surface area (Å²) in [5.41, 5.74) is 0.718. The number of amides is 1. The van der Waals surface area contributed by atoms with Gasteiger partial charge in [-0.05, 0) is 24.4 Å². The molecule has 1 fully saturated rings. The lowest BCUT2D eigenvalue weighted by Gasteiger charge is -2.35. The topological polar surface area (TPSA) is 53.0 Å². The zero-order chi connectivity index (χ0) is 17.1. The molecule has 2 aromatic carbocycles. The Hall–Kier alpha value is -2.11. The molecule has 1 N–H and O–H groups in total. The molecule has 0 spiro atoms. The van der Waals surface area contributed by atoms with Crippen LogP contribution in [0.2, 0.25) is 0 Å². The van der Waals surface area contributed by atoms with E-state index in [-0.39, 0.29) is 12.0 Å². The summed E-state index contributed by atoms with van der Waals surface area (Å²) in [6.07, 6.45) is -0.335. The SMILES string of the molecule is COc1ccc(C(=O)N2CCN(C[C@H](C)O)CC2)c2ccccc12. The maximum atomic E-state index is 13.0. The Morgan fingerprint density at radius 2 is 1.79 bits per heavy atom. The van der Waals surface area contributed by atoms with E-state index in [9.17, 15) is 9.90 Å². The second-order valence-electron chi connectivity index (χ2n) is 6.30. The van der Waals surface area contributed by atoms with Gasteiger partial charge in [-0.15, -0.1) is 0 Å². The molecule has 128 valence electrons. The number of carbonyl (C=O) groups excluding carboxylic acids is 1. The van der Waals surface area contributed by atoms with Crippen LogP contribution in [0.5, 0.6) is 5.75 Å². The maximum absolute atomic E-state index is 13.0. The second kappa shape index (κ2) is 7.20. The number of hydrogen-bond acceptors (Lipinski definition) is 4. The molecule has 1 amide bonds. The number of aliphatic hydroxyl groups excluding tert-OH is 1. The highest BCUT2D eigenvalue weighted by atomic mass is 16.5. The molecule has 2 aromatic rings. The number of nitrogens with zero attached hydrogens (tertiary/aromatic N) is 2. The van der Waals surface area contributed by atoms with E-state index in [1.54, 1.807) is 14.0 Å². The van der Waals surface area contributed by atoms with Gasteiger partial charge in [0, 0.05) is 43.7 Å². The summed E-state index contributed by atoms with van der Waals surface area (Å²) in [5.74, 6) is 0.842. The van der Waals surface area contributed by atoms with E-state index < -0.39 is 0 Å². The number of fused-ring (bicyclic) bond motifs is 1. The predicted molar refractivity (Wildman–Crippen MR) is 94.5 cm³/mol. The van der Waals surface area contributed by atoms with Crippen LogP contribution in [0.4, 0.5) is 0 Å². The van der Waals surface area contributed by atoms with E-state index in [0.717, 1.165) is 35.2 Å². The van der Waals surface area contributed by atoms with E-state index in [1.807, 2.05) is 41.3 Å². The number of benzene rings is 2. The third-order valence-corrected chi connectivity index (χ3v) is 4.52. The number of aliphatic hydroxyl groups is 1. The summed E-state index contributed by atoms with van der Waals surface area (Å²) in [5, 5.41) is 11.4. The number of rotatable bonds is 4. The molecule has 0 saturated carbocycles. The summed E-state index contributed by atoms with van der Waals surface area (Å²) < 4.78 is 5.40. The Balaban J connectivity index is 1.80. The zero-order valence-electron chi connectivity index (χ0n) is 14.2. The fourth-order valence-corrected chi connectivity index (χ4v) is 3.31. The normalized spacial score (nSPS) is 17.0. The number of methoxy groups -OCH3 is 1. The minimum Gasteiger partial charge on any atom is -0.496 e. The molecule has 1 saturated heterocycles. The van der Waals surface area contributed by atoms with E-state index in [1.165, 1.54) is 0 Å². The van der Waals surface area contributed by atoms with Crippen LogP contribution in [-0.4, -0.2) is 66.8 Å². The minimum atomic E-state index is -0.335. The molecule has 5 nitrogen and oxygen atoms in total. The number of ether oxygens (including phenoxy) is 1. The van der Waals surface area contributed by atoms with Gasteiger partial charge in [-0.2, -0.15) is 0 Å². The Labute approximate surface area is 142 Å². The van der Waals surface area contributed by atoms with Crippen molar-refractivity contribution in [1.29, 1.82) is 0 Å². The van der Waals surface area contributed by atoms with E-state index in [2.05, 4.69) is 4.90 Å². The summed E-state index contributed by atoms with van der Waals surface area (Å²) in [4.78, 5) is 17.1. The molecule has 5 heteroatoms. The fraction of sp³-hybridized carbons (Fsp3) is 0.421. The zero-order valence-corrected chi connectivity index (χ0v) is 14.2. The minimum absolute atomic E-state index is 0.0607. The first kappa shape index (κ1) is 16.7. The van der Waals surface area contributed by atoms with Gasteiger partial charge in [0.25, 0.3) is 5.91 Å². The van der Waals surface area contributed by atoms with Crippen molar-refractivity contribution in [2.24, 2.45) is 0 Å². The van der Waals surface area contributed by atoms with Crippen molar-refractivity contribution < 1.29 is 14.6 Å². The van der Waals surface area contributed by atoms with E-state index in [0.29, 0.717) is 19.6 Å². The summed E-state index contributed by atoms with van der Waals surface area (Å²) >= 11 is 0. The smallest absolute Gasteiger partial charge is 0.254 e. The van der Waals surface area contributed by atoms with Gasteiger partial charge in [0.05, 0.1) is 13.2 Å². The number of β-amino-alcohol motifs (C(OH)–C–C–N with tert-alkyl or cyclic N) is 1. The molecular formula is C19H24N2O3. The van der Waals surface area contributed by atoms with Gasteiger partial charge < -0.3 is 14.7 Å². The van der Waals surface area contributed by atoms with Gasteiger partial charge in [-0.1, -0.05) is 24.3 Å². The molecule has 3 rings (SSSR count). The lowest BCUT2D eigenvalue weighted by Crippen LogP contribution is -2.50. The first-order valence-electron chi connectivity index (χ1n) is 8.35. The first-order valence-corrected chi connectivity index (χ1v) is 8.35. The Morgan fingerprint density at radius 1 is 1.12 bits per heavy atom. The van der Waals surface area contributed by atoms with Crippen LogP contribution >= 0.6 is 0 Å². The summed E-state index contributed by atoms with van der Waals surface area (Å²) in [6, 6.07) is 11.6. The lowest BCUT2D eigenvalue weighted by molar-refractivity contribution is 0.0556. The highest BCUT2D eigenvalue weighted by Crippen LogP contribution is 2.29. The van der Waals surface area contributed by atoms with Crippen LogP contribution in [0.1, 0.15) is 17.3 Å². The molecule has 24 heavy (non-hydrogen) atoms. The second-order valence-corrected chi connectivity index (χ2v) is 6.30. The molecular weight excluding hydrogens is 304 g/mol. The molecule has 0 bridgehead atoms. The fourth-order valence-electron chi connectivity index (χ4n) is 3.31. The predicted octanol–water partition coefficient (Wildman–Crippen LogP) is 1.99. The van der Waals surface area contributed by atoms with Crippen molar-refractivity contribution in [3.63, 3.8) is 0 Å². The van der Waals surface area contributed by atoms with E-state index in [4.69, 9.17) is 4.74 Å². The summed E-state index contributed by atoms with van der Waals surface area (Å²) in [7, 11) is 1.64. The van der Waals surface area contributed by atoms with Crippen molar-refractivity contribution in [3.05, 3.63) is 42.0 Å². The Bertz CT molecular complexity index is 722. The quantitative estimate of drug-likeness (QED) is 0.932. The average Bonchev–Trinajstić information content (AvgIpc) is 2.60. The molecule has 0 aliphatic carbocycles. The van der Waals surface area contributed by atoms with Crippen LogP contribution in [0.3, 0.4) is 0 Å². The standard InChI is InChI=1S/C19H24N2O3/c1-14(22)13-20-9-11-21(12-10-20)19(23)17-7-8-18(24-2)16-6-4-3-5-15(16)17/h3-8,14,22H,9-13H2,1-2H3/t14-/m0/s1. The van der Waals surface area contributed by atoms with Gasteiger partial charge >= 0.3 is 0 Å². The molecule has 0 unspecified atom stereocenters. The largest absolute Gasteiger partial charge is 0.496 e.